The Morgan fingerprint density at radius 1 is 0.606 bits per heavy atom. The van der Waals surface area contributed by atoms with Gasteiger partial charge in [-0.2, -0.15) is 9.13 Å². The molecule has 2 nitrogen and oxygen atoms in total. The maximum Gasteiger partial charge on any atom is 0.218 e. The summed E-state index contributed by atoms with van der Waals surface area (Å²) in [5.74, 6) is 0.628. The van der Waals surface area contributed by atoms with Crippen LogP contribution in [0.2, 0.25) is 0 Å². The van der Waals surface area contributed by atoms with Crippen LogP contribution in [-0.4, -0.2) is 0 Å². The number of hydrogen-bond donors (Lipinski definition) is 0. The van der Waals surface area contributed by atoms with Crippen molar-refractivity contribution in [1.82, 2.24) is 0 Å². The minimum atomic E-state index is 0.310. The van der Waals surface area contributed by atoms with E-state index in [1.807, 2.05) is 0 Å². The Morgan fingerprint density at radius 3 is 2.18 bits per heavy atom. The second kappa shape index (κ2) is 6.26. The van der Waals surface area contributed by atoms with E-state index in [1.165, 1.54) is 50.1 Å². The predicted octanol–water partition coefficient (Wildman–Crippen LogP) is 6.04. The predicted molar refractivity (Wildman–Crippen MR) is 130 cm³/mol. The summed E-state index contributed by atoms with van der Waals surface area (Å²) >= 11 is 0. The van der Waals surface area contributed by atoms with Crippen LogP contribution >= 0.6 is 0 Å². The Bertz CT molecular complexity index is 1640. The molecule has 3 aliphatic rings. The van der Waals surface area contributed by atoms with Gasteiger partial charge in [-0.1, -0.05) is 54.6 Å². The molecule has 4 heterocycles. The zero-order valence-corrected chi connectivity index (χ0v) is 18.1. The van der Waals surface area contributed by atoms with E-state index < -0.39 is 0 Å². The van der Waals surface area contributed by atoms with Crippen molar-refractivity contribution in [3.63, 3.8) is 0 Å². The average molecular weight is 423 g/mol. The van der Waals surface area contributed by atoms with E-state index in [2.05, 4.69) is 125 Å². The molecule has 154 valence electrons. The fraction of sp³-hybridized carbons (Fsp3) is 0.0968. The van der Waals surface area contributed by atoms with Crippen molar-refractivity contribution in [1.29, 1.82) is 0 Å². The van der Waals surface area contributed by atoms with Gasteiger partial charge in [0.1, 0.15) is 5.92 Å². The molecular weight excluding hydrogens is 400 g/mol. The van der Waals surface area contributed by atoms with Crippen LogP contribution in [0.5, 0.6) is 0 Å². The van der Waals surface area contributed by atoms with Crippen LogP contribution in [0.1, 0.15) is 29.0 Å². The summed E-state index contributed by atoms with van der Waals surface area (Å²) in [6.45, 7) is 0. The molecule has 0 amide bonds. The number of nitrogens with zero attached hydrogens (tertiary/aromatic N) is 2. The minimum absolute atomic E-state index is 0.310. The summed E-state index contributed by atoms with van der Waals surface area (Å²) in [5, 5.41) is 2.59. The summed E-state index contributed by atoms with van der Waals surface area (Å²) in [4.78, 5) is 0. The summed E-state index contributed by atoms with van der Waals surface area (Å²) < 4.78 is 5.02. The zero-order valence-electron chi connectivity index (χ0n) is 18.1. The van der Waals surface area contributed by atoms with Crippen LogP contribution in [0.3, 0.4) is 0 Å². The third-order valence-corrected chi connectivity index (χ3v) is 7.85. The normalized spacial score (nSPS) is 21.2. The van der Waals surface area contributed by atoms with Crippen LogP contribution in [0.4, 0.5) is 0 Å². The standard InChI is InChI=1S/C31H22N2/c1-2-10-21-19-33-28(17-20(21)9-1)24-13-5-6-14-25(24)30-29-18-26(31(30)33)22-11-3-4-12-23(22)27-15-7-8-16-32(27)29/h1-19,26,30-31H/q+2. The molecule has 2 bridgehead atoms. The molecule has 2 heteroatoms. The van der Waals surface area contributed by atoms with Crippen LogP contribution in [0.25, 0.3) is 39.0 Å². The topological polar surface area (TPSA) is 7.76 Å². The summed E-state index contributed by atoms with van der Waals surface area (Å²) in [6, 6.07) is 36.0. The third kappa shape index (κ3) is 2.23. The molecule has 1 aliphatic carbocycles. The number of benzene rings is 3. The average Bonchev–Trinajstić information content (AvgIpc) is 3.22. The van der Waals surface area contributed by atoms with Gasteiger partial charge in [0.05, 0.1) is 17.0 Å². The lowest BCUT2D eigenvalue weighted by atomic mass is 9.77. The maximum absolute atomic E-state index is 2.58. The van der Waals surface area contributed by atoms with E-state index in [-0.39, 0.29) is 0 Å². The Balaban J connectivity index is 1.49. The van der Waals surface area contributed by atoms with Crippen molar-refractivity contribution in [3.05, 3.63) is 127 Å². The first-order chi connectivity index (χ1) is 16.4. The van der Waals surface area contributed by atoms with Gasteiger partial charge in [-0.05, 0) is 46.9 Å². The van der Waals surface area contributed by atoms with E-state index in [1.54, 1.807) is 0 Å². The second-order valence-corrected chi connectivity index (χ2v) is 9.41. The molecule has 0 saturated carbocycles. The molecule has 2 aliphatic heterocycles. The van der Waals surface area contributed by atoms with Gasteiger partial charge in [0.2, 0.25) is 11.4 Å². The first-order valence-corrected chi connectivity index (χ1v) is 11.7. The SMILES string of the molecule is C1=C2C3c4ccccc4-c4cc5ccccc5c[n+]4C3C1c1ccccc1-c1cccc[n+]12. The lowest BCUT2D eigenvalue weighted by molar-refractivity contribution is -0.718. The van der Waals surface area contributed by atoms with Gasteiger partial charge in [-0.15, -0.1) is 0 Å². The highest BCUT2D eigenvalue weighted by Gasteiger charge is 2.56. The van der Waals surface area contributed by atoms with Gasteiger partial charge >= 0.3 is 0 Å². The summed E-state index contributed by atoms with van der Waals surface area (Å²) in [7, 11) is 0. The van der Waals surface area contributed by atoms with Gasteiger partial charge in [0.15, 0.2) is 24.1 Å². The largest absolute Gasteiger partial charge is 0.218 e. The highest BCUT2D eigenvalue weighted by molar-refractivity contribution is 5.85. The van der Waals surface area contributed by atoms with Gasteiger partial charge < -0.3 is 0 Å². The van der Waals surface area contributed by atoms with Gasteiger partial charge in [0, 0.05) is 23.6 Å². The number of allylic oxidation sites excluding steroid dienone is 2. The van der Waals surface area contributed by atoms with Crippen LogP contribution in [0.15, 0.2) is 116 Å². The van der Waals surface area contributed by atoms with Crippen molar-refractivity contribution in [2.75, 3.05) is 0 Å². The van der Waals surface area contributed by atoms with Gasteiger partial charge in [-0.25, -0.2) is 0 Å². The molecular formula is C31H22N2+2. The molecule has 5 aromatic rings. The van der Waals surface area contributed by atoms with Crippen molar-refractivity contribution in [2.24, 2.45) is 0 Å². The summed E-state index contributed by atoms with van der Waals surface area (Å²) in [5.41, 5.74) is 9.56. The monoisotopic (exact) mass is 422 g/mol. The second-order valence-electron chi connectivity index (χ2n) is 9.41. The van der Waals surface area contributed by atoms with E-state index in [0.29, 0.717) is 17.9 Å². The molecule has 0 N–H and O–H groups in total. The molecule has 8 rings (SSSR count). The first kappa shape index (κ1) is 17.5. The zero-order chi connectivity index (χ0) is 21.5. The van der Waals surface area contributed by atoms with Gasteiger partial charge in [-0.3, -0.25) is 0 Å². The van der Waals surface area contributed by atoms with Crippen molar-refractivity contribution in [3.8, 4) is 22.5 Å². The van der Waals surface area contributed by atoms with Crippen LogP contribution in [0, 0.1) is 0 Å². The highest BCUT2D eigenvalue weighted by Crippen LogP contribution is 2.55. The molecule has 3 aromatic carbocycles. The molecule has 33 heavy (non-hydrogen) atoms. The van der Waals surface area contributed by atoms with Crippen molar-refractivity contribution >= 4 is 16.5 Å². The smallest absolute Gasteiger partial charge is 0.193 e. The third-order valence-electron chi connectivity index (χ3n) is 7.85. The Hall–Kier alpha value is -4.04. The molecule has 2 aromatic heterocycles. The number of aromatic nitrogens is 2. The minimum Gasteiger partial charge on any atom is -0.193 e. The highest BCUT2D eigenvalue weighted by atomic mass is 15.1. The number of rotatable bonds is 0. The number of pyridine rings is 2. The quantitative estimate of drug-likeness (QED) is 0.269. The van der Waals surface area contributed by atoms with E-state index >= 15 is 0 Å². The fourth-order valence-electron chi connectivity index (χ4n) is 6.52. The number of hydrogen-bond acceptors (Lipinski definition) is 0. The van der Waals surface area contributed by atoms with E-state index in [4.69, 9.17) is 0 Å². The van der Waals surface area contributed by atoms with Gasteiger partial charge in [0.25, 0.3) is 0 Å². The van der Waals surface area contributed by atoms with Crippen LogP contribution in [-0.2, 0) is 0 Å². The Morgan fingerprint density at radius 2 is 1.30 bits per heavy atom. The fourth-order valence-corrected chi connectivity index (χ4v) is 6.52. The molecule has 0 spiro atoms. The molecule has 0 radical (unpaired) electrons. The van der Waals surface area contributed by atoms with Crippen LogP contribution < -0.4 is 9.13 Å². The molecule has 3 atom stereocenters. The lowest BCUT2D eigenvalue weighted by Crippen LogP contribution is -2.50. The Kier molecular flexibility index (Phi) is 3.32. The molecule has 3 unspecified atom stereocenters. The Labute approximate surface area is 192 Å². The van der Waals surface area contributed by atoms with Crippen molar-refractivity contribution < 1.29 is 9.13 Å². The lowest BCUT2D eigenvalue weighted by Gasteiger charge is -2.30. The van der Waals surface area contributed by atoms with E-state index in [0.717, 1.165) is 0 Å². The van der Waals surface area contributed by atoms with Crippen molar-refractivity contribution in [2.45, 2.75) is 17.9 Å². The summed E-state index contributed by atoms with van der Waals surface area (Å²) in [6.07, 6.45) is 7.17. The molecule has 0 saturated heterocycles. The first-order valence-electron chi connectivity index (χ1n) is 11.7. The maximum atomic E-state index is 2.58. The van der Waals surface area contributed by atoms with E-state index in [9.17, 15) is 0 Å². The number of fused-ring (bicyclic) bond motifs is 9. The molecule has 0 fully saturated rings.